The highest BCUT2D eigenvalue weighted by molar-refractivity contribution is 9.10. The molecule has 3 rings (SSSR count). The maximum Gasteiger partial charge on any atom is 0.256 e. The molecule has 0 aliphatic carbocycles. The zero-order valence-electron chi connectivity index (χ0n) is 11.1. The van der Waals surface area contributed by atoms with E-state index in [2.05, 4.69) is 39.4 Å². The number of hydrogen-bond donors (Lipinski definition) is 1. The van der Waals surface area contributed by atoms with Crippen LogP contribution in [0.25, 0.3) is 16.7 Å². The van der Waals surface area contributed by atoms with Crippen molar-refractivity contribution in [3.05, 3.63) is 58.6 Å². The highest BCUT2D eigenvalue weighted by Gasteiger charge is 2.26. The fraction of sp³-hybridized carbons (Fsp3) is 0.118. The van der Waals surface area contributed by atoms with Crippen molar-refractivity contribution in [2.24, 2.45) is 0 Å². The van der Waals surface area contributed by atoms with E-state index >= 15 is 0 Å². The first-order valence-electron chi connectivity index (χ1n) is 6.61. The lowest BCUT2D eigenvalue weighted by atomic mass is 9.94. The number of fused-ring (bicyclic) bond motifs is 1. The number of benzene rings is 2. The van der Waals surface area contributed by atoms with E-state index in [9.17, 15) is 4.79 Å². The Morgan fingerprint density at radius 3 is 2.75 bits per heavy atom. The van der Waals surface area contributed by atoms with Gasteiger partial charge in [0.05, 0.1) is 0 Å². The number of anilines is 1. The molecule has 0 radical (unpaired) electrons. The van der Waals surface area contributed by atoms with Crippen LogP contribution < -0.4 is 5.32 Å². The smallest absolute Gasteiger partial charge is 0.256 e. The Labute approximate surface area is 126 Å². The normalized spacial score (nSPS) is 15.3. The zero-order valence-corrected chi connectivity index (χ0v) is 12.7. The minimum absolute atomic E-state index is 0.00991. The minimum Gasteiger partial charge on any atom is -0.321 e. The molecule has 0 aromatic heterocycles. The van der Waals surface area contributed by atoms with Crippen LogP contribution in [0.3, 0.4) is 0 Å². The summed E-state index contributed by atoms with van der Waals surface area (Å²) in [6.07, 6.45) is 2.83. The predicted molar refractivity (Wildman–Crippen MR) is 86.5 cm³/mol. The number of nitrogens with one attached hydrogen (secondary N) is 1. The molecule has 0 spiro atoms. The lowest BCUT2D eigenvalue weighted by Gasteiger charge is -2.09. The van der Waals surface area contributed by atoms with E-state index in [1.54, 1.807) is 0 Å². The third-order valence-electron chi connectivity index (χ3n) is 3.37. The van der Waals surface area contributed by atoms with Gasteiger partial charge in [0.25, 0.3) is 5.91 Å². The molecule has 1 amide bonds. The molecule has 0 saturated heterocycles. The van der Waals surface area contributed by atoms with Gasteiger partial charge in [0.1, 0.15) is 0 Å². The van der Waals surface area contributed by atoms with Crippen LogP contribution >= 0.6 is 15.9 Å². The van der Waals surface area contributed by atoms with Crippen LogP contribution in [0.1, 0.15) is 18.9 Å². The maximum absolute atomic E-state index is 12.1. The Morgan fingerprint density at radius 2 is 2.00 bits per heavy atom. The van der Waals surface area contributed by atoms with Crippen molar-refractivity contribution < 1.29 is 4.79 Å². The quantitative estimate of drug-likeness (QED) is 0.784. The molecule has 0 saturated carbocycles. The summed E-state index contributed by atoms with van der Waals surface area (Å²) >= 11 is 3.50. The van der Waals surface area contributed by atoms with E-state index in [0.717, 1.165) is 38.8 Å². The van der Waals surface area contributed by atoms with Gasteiger partial charge in [-0.25, -0.2) is 0 Å². The minimum atomic E-state index is -0.00991. The predicted octanol–water partition coefficient (Wildman–Crippen LogP) is 4.86. The molecule has 3 heteroatoms. The van der Waals surface area contributed by atoms with Gasteiger partial charge in [0.15, 0.2) is 0 Å². The summed E-state index contributed by atoms with van der Waals surface area (Å²) in [7, 11) is 0. The Bertz CT molecular complexity index is 719. The monoisotopic (exact) mass is 327 g/mol. The zero-order chi connectivity index (χ0) is 14.1. The molecular weight excluding hydrogens is 314 g/mol. The fourth-order valence-electron chi connectivity index (χ4n) is 2.55. The Hall–Kier alpha value is -1.87. The highest BCUT2D eigenvalue weighted by atomic mass is 79.9. The molecule has 20 heavy (non-hydrogen) atoms. The van der Waals surface area contributed by atoms with Gasteiger partial charge in [0, 0.05) is 21.3 Å². The third-order valence-corrected chi connectivity index (χ3v) is 3.86. The molecular formula is C17H14BrNO. The molecule has 1 heterocycles. The maximum atomic E-state index is 12.1. The number of carbonyl (C=O) groups is 1. The first-order chi connectivity index (χ1) is 9.70. The molecule has 0 unspecified atom stereocenters. The van der Waals surface area contributed by atoms with E-state index in [1.165, 1.54) is 0 Å². The topological polar surface area (TPSA) is 29.1 Å². The SMILES string of the molecule is CC/C=C1\C(=O)Nc2cccc(-c3cccc(Br)c3)c21. The number of hydrogen-bond acceptors (Lipinski definition) is 1. The summed E-state index contributed by atoms with van der Waals surface area (Å²) in [5.41, 5.74) is 4.87. The Morgan fingerprint density at radius 1 is 1.20 bits per heavy atom. The van der Waals surface area contributed by atoms with Crippen LogP contribution in [0, 0.1) is 0 Å². The first-order valence-corrected chi connectivity index (χ1v) is 7.41. The Kier molecular flexibility index (Phi) is 3.45. The van der Waals surface area contributed by atoms with Gasteiger partial charge in [-0.3, -0.25) is 4.79 Å². The summed E-state index contributed by atoms with van der Waals surface area (Å²) < 4.78 is 1.03. The lowest BCUT2D eigenvalue weighted by Crippen LogP contribution is -2.03. The molecule has 2 aromatic rings. The number of rotatable bonds is 2. The first kappa shape index (κ1) is 13.1. The molecule has 100 valence electrons. The lowest BCUT2D eigenvalue weighted by molar-refractivity contribution is -0.110. The standard InChI is InChI=1S/C17H14BrNO/c1-2-5-14-16-13(11-6-3-7-12(18)10-11)8-4-9-15(16)19-17(14)20/h3-10H,2H2,1H3,(H,19,20)/b14-5-. The van der Waals surface area contributed by atoms with Crippen molar-refractivity contribution in [1.82, 2.24) is 0 Å². The van der Waals surface area contributed by atoms with Gasteiger partial charge in [-0.15, -0.1) is 0 Å². The fourth-order valence-corrected chi connectivity index (χ4v) is 2.94. The van der Waals surface area contributed by atoms with Gasteiger partial charge >= 0.3 is 0 Å². The average molecular weight is 328 g/mol. The summed E-state index contributed by atoms with van der Waals surface area (Å²) in [5, 5.41) is 2.94. The second kappa shape index (κ2) is 5.25. The van der Waals surface area contributed by atoms with Crippen LogP contribution in [0.15, 0.2) is 53.0 Å². The van der Waals surface area contributed by atoms with Gasteiger partial charge in [-0.05, 0) is 35.7 Å². The molecule has 0 fully saturated rings. The van der Waals surface area contributed by atoms with Crippen LogP contribution in [-0.4, -0.2) is 5.91 Å². The summed E-state index contributed by atoms with van der Waals surface area (Å²) in [6.45, 7) is 2.04. The van der Waals surface area contributed by atoms with Gasteiger partial charge in [0.2, 0.25) is 0 Å². The van der Waals surface area contributed by atoms with Crippen molar-refractivity contribution in [3.63, 3.8) is 0 Å². The summed E-state index contributed by atoms with van der Waals surface area (Å²) in [4.78, 5) is 12.1. The van der Waals surface area contributed by atoms with Crippen molar-refractivity contribution >= 4 is 33.1 Å². The molecule has 1 aliphatic heterocycles. The van der Waals surface area contributed by atoms with Gasteiger partial charge in [-0.1, -0.05) is 53.2 Å². The second-order valence-corrected chi connectivity index (χ2v) is 5.63. The number of carbonyl (C=O) groups excluding carboxylic acids is 1. The Balaban J connectivity index is 2.23. The molecule has 1 N–H and O–H groups in total. The van der Waals surface area contributed by atoms with E-state index in [-0.39, 0.29) is 5.91 Å². The van der Waals surface area contributed by atoms with Crippen LogP contribution in [0.5, 0.6) is 0 Å². The number of allylic oxidation sites excluding steroid dienone is 1. The van der Waals surface area contributed by atoms with Crippen molar-refractivity contribution in [1.29, 1.82) is 0 Å². The van der Waals surface area contributed by atoms with Gasteiger partial charge < -0.3 is 5.32 Å². The molecule has 1 aliphatic rings. The van der Waals surface area contributed by atoms with Crippen molar-refractivity contribution in [3.8, 4) is 11.1 Å². The second-order valence-electron chi connectivity index (χ2n) is 4.72. The van der Waals surface area contributed by atoms with E-state index in [4.69, 9.17) is 0 Å². The van der Waals surface area contributed by atoms with Crippen molar-refractivity contribution in [2.45, 2.75) is 13.3 Å². The largest absolute Gasteiger partial charge is 0.321 e. The van der Waals surface area contributed by atoms with Crippen LogP contribution in [-0.2, 0) is 4.79 Å². The van der Waals surface area contributed by atoms with Crippen molar-refractivity contribution in [2.75, 3.05) is 5.32 Å². The van der Waals surface area contributed by atoms with Gasteiger partial charge in [-0.2, -0.15) is 0 Å². The summed E-state index contributed by atoms with van der Waals surface area (Å²) in [5.74, 6) is -0.00991. The molecule has 2 aromatic carbocycles. The van der Waals surface area contributed by atoms with E-state index in [0.29, 0.717) is 0 Å². The highest BCUT2D eigenvalue weighted by Crippen LogP contribution is 2.40. The number of halogens is 1. The van der Waals surface area contributed by atoms with Crippen LogP contribution in [0.2, 0.25) is 0 Å². The van der Waals surface area contributed by atoms with E-state index in [1.807, 2.05) is 37.3 Å². The average Bonchev–Trinajstić information content (AvgIpc) is 2.75. The third kappa shape index (κ3) is 2.18. The molecule has 0 atom stereocenters. The molecule has 0 bridgehead atoms. The van der Waals surface area contributed by atoms with E-state index < -0.39 is 0 Å². The summed E-state index contributed by atoms with van der Waals surface area (Å²) in [6, 6.07) is 14.1. The van der Waals surface area contributed by atoms with Crippen LogP contribution in [0.4, 0.5) is 5.69 Å². The number of amides is 1. The molecule has 2 nitrogen and oxygen atoms in total.